The van der Waals surface area contributed by atoms with Gasteiger partial charge in [-0.1, -0.05) is 17.7 Å². The summed E-state index contributed by atoms with van der Waals surface area (Å²) in [6.45, 7) is 1.34. The Balaban J connectivity index is 1.46. The van der Waals surface area contributed by atoms with E-state index in [4.69, 9.17) is 16.0 Å². The van der Waals surface area contributed by atoms with Crippen molar-refractivity contribution in [2.45, 2.75) is 6.92 Å². The Morgan fingerprint density at radius 1 is 1.15 bits per heavy atom. The number of anilines is 1. The summed E-state index contributed by atoms with van der Waals surface area (Å²) in [7, 11) is 0. The van der Waals surface area contributed by atoms with Crippen molar-refractivity contribution in [1.29, 1.82) is 0 Å². The second-order valence-corrected chi connectivity index (χ2v) is 8.51. The second-order valence-electron chi connectivity index (χ2n) is 7.11. The van der Waals surface area contributed by atoms with Crippen LogP contribution in [0.25, 0.3) is 17.4 Å². The van der Waals surface area contributed by atoms with E-state index in [1.165, 1.54) is 24.3 Å². The van der Waals surface area contributed by atoms with Crippen molar-refractivity contribution in [3.63, 3.8) is 0 Å². The summed E-state index contributed by atoms with van der Waals surface area (Å²) in [5.41, 5.74) is 1.33. The molecule has 0 spiro atoms. The van der Waals surface area contributed by atoms with E-state index >= 15 is 0 Å². The Morgan fingerprint density at radius 2 is 1.94 bits per heavy atom. The molecule has 1 aliphatic rings. The van der Waals surface area contributed by atoms with Crippen molar-refractivity contribution in [3.05, 3.63) is 81.4 Å². The number of imide groups is 1. The van der Waals surface area contributed by atoms with Gasteiger partial charge in [0.25, 0.3) is 11.1 Å². The number of amides is 3. The fraction of sp³-hybridized carbons (Fsp3) is 0.0870. The Morgan fingerprint density at radius 3 is 2.67 bits per heavy atom. The maximum absolute atomic E-state index is 14.0. The number of furan rings is 1. The molecule has 168 valence electrons. The van der Waals surface area contributed by atoms with Crippen LogP contribution >= 0.6 is 23.4 Å². The van der Waals surface area contributed by atoms with Crippen molar-refractivity contribution >= 4 is 52.2 Å². The topological polar surface area (TPSA) is 79.6 Å². The Bertz CT molecular complexity index is 1320. The summed E-state index contributed by atoms with van der Waals surface area (Å²) in [6, 6.07) is 11.0. The number of benzene rings is 2. The Hall–Kier alpha value is -3.43. The Labute approximate surface area is 196 Å². The highest BCUT2D eigenvalue weighted by molar-refractivity contribution is 8.18. The van der Waals surface area contributed by atoms with E-state index in [-0.39, 0.29) is 22.0 Å². The van der Waals surface area contributed by atoms with Gasteiger partial charge in [-0.25, -0.2) is 8.78 Å². The lowest BCUT2D eigenvalue weighted by atomic mass is 10.1. The molecular formula is C23H15ClF2N2O4S. The molecule has 6 nitrogen and oxygen atoms in total. The lowest BCUT2D eigenvalue weighted by molar-refractivity contribution is -0.127. The van der Waals surface area contributed by atoms with Gasteiger partial charge in [0.15, 0.2) is 0 Å². The average molecular weight is 489 g/mol. The summed E-state index contributed by atoms with van der Waals surface area (Å²) >= 11 is 6.69. The molecule has 0 aliphatic carbocycles. The van der Waals surface area contributed by atoms with Crippen LogP contribution in [0.5, 0.6) is 0 Å². The normalized spacial score (nSPS) is 14.9. The van der Waals surface area contributed by atoms with Gasteiger partial charge < -0.3 is 9.73 Å². The van der Waals surface area contributed by atoms with E-state index in [2.05, 4.69) is 5.32 Å². The standard InChI is InChI=1S/C23H15ClF2N2O4S/c1-12-2-4-14(9-17(12)24)27-21(29)11-28-22(30)20(33-23(28)31)10-15-5-7-19(32-15)16-6-3-13(25)8-18(16)26/h2-10H,11H2,1H3,(H,27,29)/b20-10+. The van der Waals surface area contributed by atoms with E-state index in [1.807, 2.05) is 6.92 Å². The lowest BCUT2D eigenvalue weighted by Gasteiger charge is -2.12. The first kappa shape index (κ1) is 22.8. The molecule has 2 aromatic carbocycles. The third-order valence-corrected chi connectivity index (χ3v) is 6.04. The van der Waals surface area contributed by atoms with Gasteiger partial charge in [-0.05, 0) is 60.6 Å². The molecule has 0 bridgehead atoms. The first-order valence-corrected chi connectivity index (χ1v) is 10.8. The molecule has 10 heteroatoms. The molecule has 1 aliphatic heterocycles. The molecule has 1 N–H and O–H groups in total. The van der Waals surface area contributed by atoms with Gasteiger partial charge in [0, 0.05) is 22.9 Å². The molecule has 3 aromatic rings. The molecule has 33 heavy (non-hydrogen) atoms. The summed E-state index contributed by atoms with van der Waals surface area (Å²) in [6.07, 6.45) is 1.33. The van der Waals surface area contributed by atoms with Gasteiger partial charge >= 0.3 is 0 Å². The molecule has 0 unspecified atom stereocenters. The van der Waals surface area contributed by atoms with Gasteiger partial charge in [-0.2, -0.15) is 0 Å². The molecule has 1 aromatic heterocycles. The van der Waals surface area contributed by atoms with Crippen LogP contribution in [0.3, 0.4) is 0 Å². The fourth-order valence-electron chi connectivity index (χ4n) is 3.04. The molecule has 0 saturated carbocycles. The van der Waals surface area contributed by atoms with Gasteiger partial charge in [0.2, 0.25) is 5.91 Å². The number of carbonyl (C=O) groups is 3. The highest BCUT2D eigenvalue weighted by atomic mass is 35.5. The van der Waals surface area contributed by atoms with E-state index in [0.717, 1.165) is 22.6 Å². The Kier molecular flexibility index (Phi) is 6.35. The average Bonchev–Trinajstić information content (AvgIpc) is 3.31. The van der Waals surface area contributed by atoms with Crippen molar-refractivity contribution in [2.75, 3.05) is 11.9 Å². The van der Waals surface area contributed by atoms with E-state index in [1.54, 1.807) is 18.2 Å². The molecule has 0 atom stereocenters. The summed E-state index contributed by atoms with van der Waals surface area (Å²) in [5, 5.41) is 2.46. The number of thioether (sulfide) groups is 1. The van der Waals surface area contributed by atoms with Crippen LogP contribution in [0.15, 0.2) is 57.9 Å². The highest BCUT2D eigenvalue weighted by Crippen LogP contribution is 2.34. The van der Waals surface area contributed by atoms with Crippen LogP contribution in [-0.2, 0) is 9.59 Å². The molecule has 2 heterocycles. The minimum absolute atomic E-state index is 0.0478. The summed E-state index contributed by atoms with van der Waals surface area (Å²) in [5.74, 6) is -2.41. The predicted octanol–water partition coefficient (Wildman–Crippen LogP) is 5.86. The van der Waals surface area contributed by atoms with E-state index < -0.39 is 35.2 Å². The van der Waals surface area contributed by atoms with E-state index in [0.29, 0.717) is 22.5 Å². The molecular weight excluding hydrogens is 474 g/mol. The van der Waals surface area contributed by atoms with Crippen LogP contribution in [0.4, 0.5) is 19.3 Å². The number of hydrogen-bond donors (Lipinski definition) is 1. The van der Waals surface area contributed by atoms with Crippen LogP contribution in [-0.4, -0.2) is 28.5 Å². The van der Waals surface area contributed by atoms with Crippen LogP contribution in [0.1, 0.15) is 11.3 Å². The number of aryl methyl sites for hydroxylation is 1. The number of nitrogens with zero attached hydrogens (tertiary/aromatic N) is 1. The van der Waals surface area contributed by atoms with Gasteiger partial charge in [0.05, 0.1) is 10.5 Å². The molecule has 1 saturated heterocycles. The van der Waals surface area contributed by atoms with Crippen LogP contribution in [0, 0.1) is 18.6 Å². The van der Waals surface area contributed by atoms with Gasteiger partial charge in [-0.3, -0.25) is 19.3 Å². The number of hydrogen-bond acceptors (Lipinski definition) is 5. The summed E-state index contributed by atoms with van der Waals surface area (Å²) < 4.78 is 32.6. The minimum Gasteiger partial charge on any atom is -0.457 e. The fourth-order valence-corrected chi connectivity index (χ4v) is 4.04. The lowest BCUT2D eigenvalue weighted by Crippen LogP contribution is -2.36. The van der Waals surface area contributed by atoms with Gasteiger partial charge in [0.1, 0.15) is 29.7 Å². The maximum atomic E-state index is 14.0. The first-order valence-electron chi connectivity index (χ1n) is 9.58. The molecule has 4 rings (SSSR count). The van der Waals surface area contributed by atoms with Crippen molar-refractivity contribution < 1.29 is 27.6 Å². The molecule has 0 radical (unpaired) electrons. The third kappa shape index (κ3) is 4.99. The second kappa shape index (κ2) is 9.21. The predicted molar refractivity (Wildman–Crippen MR) is 122 cm³/mol. The number of carbonyl (C=O) groups excluding carboxylic acids is 3. The first-order chi connectivity index (χ1) is 15.7. The van der Waals surface area contributed by atoms with Crippen molar-refractivity contribution in [1.82, 2.24) is 4.90 Å². The van der Waals surface area contributed by atoms with Crippen molar-refractivity contribution in [3.8, 4) is 11.3 Å². The quantitative estimate of drug-likeness (QED) is 0.455. The number of nitrogens with one attached hydrogen (secondary N) is 1. The number of halogens is 3. The molecule has 1 fully saturated rings. The SMILES string of the molecule is Cc1ccc(NC(=O)CN2C(=O)S/C(=C/c3ccc(-c4ccc(F)cc4F)o3)C2=O)cc1Cl. The largest absolute Gasteiger partial charge is 0.457 e. The zero-order valence-corrected chi connectivity index (χ0v) is 18.6. The van der Waals surface area contributed by atoms with Crippen LogP contribution < -0.4 is 5.32 Å². The highest BCUT2D eigenvalue weighted by Gasteiger charge is 2.36. The smallest absolute Gasteiger partial charge is 0.294 e. The van der Waals surface area contributed by atoms with Crippen molar-refractivity contribution in [2.24, 2.45) is 0 Å². The zero-order valence-electron chi connectivity index (χ0n) is 17.0. The van der Waals surface area contributed by atoms with E-state index in [9.17, 15) is 23.2 Å². The van der Waals surface area contributed by atoms with Crippen LogP contribution in [0.2, 0.25) is 5.02 Å². The monoisotopic (exact) mass is 488 g/mol. The summed E-state index contributed by atoms with van der Waals surface area (Å²) in [4.78, 5) is 38.1. The maximum Gasteiger partial charge on any atom is 0.294 e. The third-order valence-electron chi connectivity index (χ3n) is 4.73. The zero-order chi connectivity index (χ0) is 23.7. The number of rotatable bonds is 5. The van der Waals surface area contributed by atoms with Gasteiger partial charge in [-0.15, -0.1) is 0 Å². The molecule has 3 amide bonds. The minimum atomic E-state index is -0.794.